The Balaban J connectivity index is 2.38. The van der Waals surface area contributed by atoms with Gasteiger partial charge in [-0.1, -0.05) is 0 Å². The van der Waals surface area contributed by atoms with Gasteiger partial charge in [0.1, 0.15) is 0 Å². The van der Waals surface area contributed by atoms with E-state index in [0.717, 1.165) is 39.3 Å². The van der Waals surface area contributed by atoms with Gasteiger partial charge < -0.3 is 9.47 Å². The first-order valence-electron chi connectivity index (χ1n) is 5.70. The van der Waals surface area contributed by atoms with Crippen molar-refractivity contribution in [1.82, 2.24) is 4.90 Å². The van der Waals surface area contributed by atoms with Crippen LogP contribution in [0.5, 0.6) is 0 Å². The van der Waals surface area contributed by atoms with Crippen LogP contribution in [0.15, 0.2) is 15.9 Å². The molecule has 0 atom stereocenters. The van der Waals surface area contributed by atoms with Gasteiger partial charge in [0.15, 0.2) is 0 Å². The zero-order valence-electron chi connectivity index (χ0n) is 10.4. The molecule has 0 spiro atoms. The lowest BCUT2D eigenvalue weighted by atomic mass is 10.3. The molecule has 3 nitrogen and oxygen atoms in total. The Morgan fingerprint density at radius 1 is 1.18 bits per heavy atom. The van der Waals surface area contributed by atoms with E-state index in [1.54, 1.807) is 25.6 Å². The summed E-state index contributed by atoms with van der Waals surface area (Å²) in [6.07, 6.45) is 1.06. The van der Waals surface area contributed by atoms with E-state index in [-0.39, 0.29) is 0 Å². The topological polar surface area (TPSA) is 21.7 Å². The van der Waals surface area contributed by atoms with Crippen molar-refractivity contribution in [2.45, 2.75) is 13.0 Å². The molecular formula is C12H20BrNO2S. The molecule has 0 bridgehead atoms. The first-order valence-corrected chi connectivity index (χ1v) is 7.31. The molecule has 5 heteroatoms. The molecule has 0 saturated heterocycles. The second-order valence-electron chi connectivity index (χ2n) is 3.82. The van der Waals surface area contributed by atoms with E-state index in [9.17, 15) is 0 Å². The fraction of sp³-hybridized carbons (Fsp3) is 0.667. The van der Waals surface area contributed by atoms with Crippen LogP contribution < -0.4 is 0 Å². The van der Waals surface area contributed by atoms with Crippen LogP contribution in [0.2, 0.25) is 0 Å². The van der Waals surface area contributed by atoms with Gasteiger partial charge in [-0.05, 0) is 34.5 Å². The van der Waals surface area contributed by atoms with Crippen molar-refractivity contribution in [2.24, 2.45) is 0 Å². The third-order valence-corrected chi connectivity index (χ3v) is 4.05. The summed E-state index contributed by atoms with van der Waals surface area (Å²) in [7, 11) is 3.49. The summed E-state index contributed by atoms with van der Waals surface area (Å²) in [6.45, 7) is 4.60. The Morgan fingerprint density at radius 3 is 2.53 bits per heavy atom. The van der Waals surface area contributed by atoms with Gasteiger partial charge >= 0.3 is 0 Å². The smallest absolute Gasteiger partial charge is 0.0701 e. The zero-order valence-corrected chi connectivity index (χ0v) is 12.8. The van der Waals surface area contributed by atoms with Gasteiger partial charge in [0, 0.05) is 45.3 Å². The van der Waals surface area contributed by atoms with Gasteiger partial charge in [-0.15, -0.1) is 11.3 Å². The quantitative estimate of drug-likeness (QED) is 0.653. The SMILES string of the molecule is COCCCN(CCOC)Cc1ccc(Br)s1. The van der Waals surface area contributed by atoms with Gasteiger partial charge in [0.2, 0.25) is 0 Å². The predicted molar refractivity (Wildman–Crippen MR) is 75.7 cm³/mol. The molecule has 0 radical (unpaired) electrons. The summed E-state index contributed by atoms with van der Waals surface area (Å²) in [5.41, 5.74) is 0. The minimum absolute atomic E-state index is 0.777. The first kappa shape index (κ1) is 15.1. The number of halogens is 1. The number of methoxy groups -OCH3 is 2. The first-order chi connectivity index (χ1) is 8.26. The van der Waals surface area contributed by atoms with Gasteiger partial charge in [0.05, 0.1) is 10.4 Å². The molecule has 0 unspecified atom stereocenters. The molecule has 0 saturated carbocycles. The lowest BCUT2D eigenvalue weighted by Crippen LogP contribution is -2.28. The Morgan fingerprint density at radius 2 is 1.94 bits per heavy atom. The lowest BCUT2D eigenvalue weighted by Gasteiger charge is -2.20. The molecule has 1 aromatic rings. The second kappa shape index (κ2) is 9.05. The minimum Gasteiger partial charge on any atom is -0.385 e. The van der Waals surface area contributed by atoms with Gasteiger partial charge in [-0.25, -0.2) is 0 Å². The Labute approximate surface area is 116 Å². The summed E-state index contributed by atoms with van der Waals surface area (Å²) in [6, 6.07) is 4.27. The third-order valence-electron chi connectivity index (χ3n) is 2.44. The molecule has 98 valence electrons. The van der Waals surface area contributed by atoms with Gasteiger partial charge in [0.25, 0.3) is 0 Å². The number of rotatable bonds is 9. The van der Waals surface area contributed by atoms with Crippen LogP contribution in [0.3, 0.4) is 0 Å². The average molecular weight is 322 g/mol. The van der Waals surface area contributed by atoms with E-state index in [1.165, 1.54) is 8.66 Å². The van der Waals surface area contributed by atoms with E-state index in [4.69, 9.17) is 9.47 Å². The number of hydrogen-bond donors (Lipinski definition) is 0. The Bertz CT molecular complexity index is 306. The van der Waals surface area contributed by atoms with Crippen molar-refractivity contribution < 1.29 is 9.47 Å². The molecule has 1 aromatic heterocycles. The van der Waals surface area contributed by atoms with Crippen LogP contribution in [-0.4, -0.2) is 45.4 Å². The van der Waals surface area contributed by atoms with Crippen molar-refractivity contribution in [3.05, 3.63) is 20.8 Å². The zero-order chi connectivity index (χ0) is 12.5. The highest BCUT2D eigenvalue weighted by molar-refractivity contribution is 9.11. The molecule has 1 heterocycles. The monoisotopic (exact) mass is 321 g/mol. The van der Waals surface area contributed by atoms with Crippen LogP contribution >= 0.6 is 27.3 Å². The molecule has 0 aliphatic heterocycles. The van der Waals surface area contributed by atoms with E-state index in [1.807, 2.05) is 0 Å². The van der Waals surface area contributed by atoms with Gasteiger partial charge in [-0.3, -0.25) is 4.90 Å². The van der Waals surface area contributed by atoms with Crippen LogP contribution in [0, 0.1) is 0 Å². The Hall–Kier alpha value is 0.0600. The number of hydrogen-bond acceptors (Lipinski definition) is 4. The summed E-state index contributed by atoms with van der Waals surface area (Å²) < 4.78 is 11.4. The summed E-state index contributed by atoms with van der Waals surface area (Å²) in [5.74, 6) is 0. The molecule has 0 fully saturated rings. The normalized spacial score (nSPS) is 11.3. The van der Waals surface area contributed by atoms with Crippen LogP contribution in [-0.2, 0) is 16.0 Å². The minimum atomic E-state index is 0.777. The van der Waals surface area contributed by atoms with E-state index in [0.29, 0.717) is 0 Å². The van der Waals surface area contributed by atoms with Crippen molar-refractivity contribution in [1.29, 1.82) is 0 Å². The number of nitrogens with zero attached hydrogens (tertiary/aromatic N) is 1. The highest BCUT2D eigenvalue weighted by atomic mass is 79.9. The lowest BCUT2D eigenvalue weighted by molar-refractivity contribution is 0.130. The van der Waals surface area contributed by atoms with Gasteiger partial charge in [-0.2, -0.15) is 0 Å². The van der Waals surface area contributed by atoms with Crippen molar-refractivity contribution in [2.75, 3.05) is 40.5 Å². The molecule has 0 aliphatic rings. The molecule has 17 heavy (non-hydrogen) atoms. The van der Waals surface area contributed by atoms with E-state index >= 15 is 0 Å². The maximum atomic E-state index is 5.14. The highest BCUT2D eigenvalue weighted by Crippen LogP contribution is 2.23. The summed E-state index contributed by atoms with van der Waals surface area (Å²) >= 11 is 5.29. The molecular weight excluding hydrogens is 302 g/mol. The summed E-state index contributed by atoms with van der Waals surface area (Å²) in [5, 5.41) is 0. The fourth-order valence-corrected chi connectivity index (χ4v) is 3.11. The molecule has 1 rings (SSSR count). The molecule has 0 aromatic carbocycles. The van der Waals surface area contributed by atoms with Crippen molar-refractivity contribution >= 4 is 27.3 Å². The van der Waals surface area contributed by atoms with E-state index < -0.39 is 0 Å². The maximum absolute atomic E-state index is 5.14. The largest absolute Gasteiger partial charge is 0.385 e. The van der Waals surface area contributed by atoms with Crippen molar-refractivity contribution in [3.63, 3.8) is 0 Å². The average Bonchev–Trinajstić information content (AvgIpc) is 2.72. The molecule has 0 amide bonds. The number of ether oxygens (including phenoxy) is 2. The fourth-order valence-electron chi connectivity index (χ4n) is 1.58. The summed E-state index contributed by atoms with van der Waals surface area (Å²) in [4.78, 5) is 3.78. The predicted octanol–water partition coefficient (Wildman–Crippen LogP) is 3.00. The van der Waals surface area contributed by atoms with Crippen LogP contribution in [0.25, 0.3) is 0 Å². The molecule has 0 aliphatic carbocycles. The molecule has 0 N–H and O–H groups in total. The second-order valence-corrected chi connectivity index (χ2v) is 6.37. The van der Waals surface area contributed by atoms with E-state index in [2.05, 4.69) is 33.0 Å². The third kappa shape index (κ3) is 6.52. The number of thiophene rings is 1. The maximum Gasteiger partial charge on any atom is 0.0701 e. The standard InChI is InChI=1S/C12H20BrNO2S/c1-15-8-3-6-14(7-9-16-2)10-11-4-5-12(13)17-11/h4-5H,3,6-10H2,1-2H3. The van der Waals surface area contributed by atoms with Crippen LogP contribution in [0.4, 0.5) is 0 Å². The highest BCUT2D eigenvalue weighted by Gasteiger charge is 2.07. The Kier molecular flexibility index (Phi) is 8.05. The van der Waals surface area contributed by atoms with Crippen molar-refractivity contribution in [3.8, 4) is 0 Å². The van der Waals surface area contributed by atoms with Crippen LogP contribution in [0.1, 0.15) is 11.3 Å².